The maximum atomic E-state index is 10.3. The molecule has 0 aromatic heterocycles. The SMILES string of the molecule is CC(=O)CC(C)C.CCC(=O)O. The molecule has 0 unspecified atom stereocenters. The van der Waals surface area contributed by atoms with Crippen molar-refractivity contribution < 1.29 is 14.7 Å². The molecule has 72 valence electrons. The fraction of sp³-hybridized carbons (Fsp3) is 0.778. The van der Waals surface area contributed by atoms with Crippen LogP contribution in [0.5, 0.6) is 0 Å². The van der Waals surface area contributed by atoms with Crippen molar-refractivity contribution in [2.75, 3.05) is 0 Å². The topological polar surface area (TPSA) is 54.4 Å². The first-order chi connectivity index (χ1) is 5.40. The van der Waals surface area contributed by atoms with E-state index in [1.165, 1.54) is 0 Å². The van der Waals surface area contributed by atoms with Crippen LogP contribution in [0.2, 0.25) is 0 Å². The Kier molecular flexibility index (Phi) is 9.41. The summed E-state index contributed by atoms with van der Waals surface area (Å²) in [5.41, 5.74) is 0. The van der Waals surface area contributed by atoms with Crippen molar-refractivity contribution in [2.45, 2.75) is 40.5 Å². The molecule has 12 heavy (non-hydrogen) atoms. The minimum Gasteiger partial charge on any atom is -0.481 e. The largest absolute Gasteiger partial charge is 0.481 e. The van der Waals surface area contributed by atoms with Gasteiger partial charge in [-0.3, -0.25) is 4.79 Å². The monoisotopic (exact) mass is 174 g/mol. The Morgan fingerprint density at radius 2 is 1.67 bits per heavy atom. The van der Waals surface area contributed by atoms with E-state index in [9.17, 15) is 9.59 Å². The summed E-state index contributed by atoms with van der Waals surface area (Å²) < 4.78 is 0. The van der Waals surface area contributed by atoms with E-state index < -0.39 is 5.97 Å². The van der Waals surface area contributed by atoms with Crippen LogP contribution in [-0.4, -0.2) is 16.9 Å². The van der Waals surface area contributed by atoms with E-state index in [1.54, 1.807) is 13.8 Å². The lowest BCUT2D eigenvalue weighted by atomic mass is 10.1. The molecule has 0 aliphatic carbocycles. The van der Waals surface area contributed by atoms with Gasteiger partial charge in [-0.25, -0.2) is 0 Å². The Morgan fingerprint density at radius 1 is 1.33 bits per heavy atom. The highest BCUT2D eigenvalue weighted by atomic mass is 16.4. The van der Waals surface area contributed by atoms with Gasteiger partial charge in [-0.1, -0.05) is 20.8 Å². The maximum absolute atomic E-state index is 10.3. The average molecular weight is 174 g/mol. The standard InChI is InChI=1S/C6H12O.C3H6O2/c1-5(2)4-6(3)7;1-2-3(4)5/h5H,4H2,1-3H3;2H2,1H3,(H,4,5). The highest BCUT2D eigenvalue weighted by Crippen LogP contribution is 1.97. The van der Waals surface area contributed by atoms with Crippen LogP contribution < -0.4 is 0 Å². The summed E-state index contributed by atoms with van der Waals surface area (Å²) >= 11 is 0. The van der Waals surface area contributed by atoms with Gasteiger partial charge in [0, 0.05) is 12.8 Å². The summed E-state index contributed by atoms with van der Waals surface area (Å²) in [4.78, 5) is 19.6. The molecular formula is C9H18O3. The van der Waals surface area contributed by atoms with Crippen LogP contribution >= 0.6 is 0 Å². The lowest BCUT2D eigenvalue weighted by Gasteiger charge is -1.95. The van der Waals surface area contributed by atoms with Crippen molar-refractivity contribution in [1.29, 1.82) is 0 Å². The van der Waals surface area contributed by atoms with Gasteiger partial charge in [0.15, 0.2) is 0 Å². The molecule has 0 heterocycles. The van der Waals surface area contributed by atoms with E-state index >= 15 is 0 Å². The van der Waals surface area contributed by atoms with Crippen LogP contribution in [0, 0.1) is 5.92 Å². The Labute approximate surface area is 73.8 Å². The van der Waals surface area contributed by atoms with Crippen molar-refractivity contribution in [3.05, 3.63) is 0 Å². The Morgan fingerprint density at radius 3 is 1.67 bits per heavy atom. The molecular weight excluding hydrogens is 156 g/mol. The fourth-order valence-corrected chi connectivity index (χ4v) is 0.575. The van der Waals surface area contributed by atoms with Gasteiger partial charge >= 0.3 is 5.97 Å². The van der Waals surface area contributed by atoms with E-state index in [-0.39, 0.29) is 12.2 Å². The lowest BCUT2D eigenvalue weighted by molar-refractivity contribution is -0.136. The molecule has 0 amide bonds. The van der Waals surface area contributed by atoms with E-state index in [0.717, 1.165) is 6.42 Å². The Balaban J connectivity index is 0. The van der Waals surface area contributed by atoms with E-state index in [4.69, 9.17) is 5.11 Å². The number of ketones is 1. The molecule has 0 atom stereocenters. The molecule has 1 N–H and O–H groups in total. The number of carboxylic acid groups (broad SMARTS) is 1. The molecule has 0 rings (SSSR count). The Bertz CT molecular complexity index is 139. The zero-order valence-electron chi connectivity index (χ0n) is 8.26. The zero-order valence-corrected chi connectivity index (χ0v) is 8.26. The summed E-state index contributed by atoms with van der Waals surface area (Å²) in [6, 6.07) is 0. The predicted molar refractivity (Wildman–Crippen MR) is 48.1 cm³/mol. The third-order valence-corrected chi connectivity index (χ3v) is 0.998. The normalized spacial score (nSPS) is 8.75. The number of hydrogen-bond acceptors (Lipinski definition) is 2. The molecule has 0 aromatic rings. The van der Waals surface area contributed by atoms with Gasteiger partial charge in [-0.2, -0.15) is 0 Å². The van der Waals surface area contributed by atoms with Crippen molar-refractivity contribution in [3.63, 3.8) is 0 Å². The van der Waals surface area contributed by atoms with Crippen molar-refractivity contribution >= 4 is 11.8 Å². The van der Waals surface area contributed by atoms with Crippen LogP contribution in [0.1, 0.15) is 40.5 Å². The molecule has 0 radical (unpaired) electrons. The van der Waals surface area contributed by atoms with Gasteiger partial charge in [-0.15, -0.1) is 0 Å². The summed E-state index contributed by atoms with van der Waals surface area (Å²) in [5.74, 6) is 0.0671. The fourth-order valence-electron chi connectivity index (χ4n) is 0.575. The van der Waals surface area contributed by atoms with Gasteiger partial charge in [0.25, 0.3) is 0 Å². The number of aliphatic carboxylic acids is 1. The van der Waals surface area contributed by atoms with Crippen LogP contribution in [0.4, 0.5) is 0 Å². The number of hydrogen-bond donors (Lipinski definition) is 1. The van der Waals surface area contributed by atoms with Crippen molar-refractivity contribution in [1.82, 2.24) is 0 Å². The minimum atomic E-state index is -0.745. The predicted octanol–water partition coefficient (Wildman–Crippen LogP) is 2.10. The second-order valence-electron chi connectivity index (χ2n) is 3.05. The molecule has 3 heteroatoms. The third-order valence-electron chi connectivity index (χ3n) is 0.998. The van der Waals surface area contributed by atoms with Crippen LogP contribution in [-0.2, 0) is 9.59 Å². The van der Waals surface area contributed by atoms with Gasteiger partial charge in [-0.05, 0) is 12.8 Å². The first kappa shape index (κ1) is 13.7. The van der Waals surface area contributed by atoms with E-state index in [1.807, 2.05) is 13.8 Å². The maximum Gasteiger partial charge on any atom is 0.303 e. The second kappa shape index (κ2) is 8.24. The highest BCUT2D eigenvalue weighted by molar-refractivity contribution is 5.75. The van der Waals surface area contributed by atoms with Gasteiger partial charge in [0.05, 0.1) is 0 Å². The molecule has 0 bridgehead atoms. The number of carboxylic acids is 1. The number of Topliss-reactive ketones (excluding diaryl/α,β-unsaturated/α-hetero) is 1. The van der Waals surface area contributed by atoms with Crippen LogP contribution in [0.3, 0.4) is 0 Å². The molecule has 0 saturated heterocycles. The molecule has 0 aromatic carbocycles. The van der Waals surface area contributed by atoms with E-state index in [0.29, 0.717) is 5.92 Å². The summed E-state index contributed by atoms with van der Waals surface area (Å²) in [5, 5.41) is 7.72. The quantitative estimate of drug-likeness (QED) is 0.712. The molecule has 0 aliphatic rings. The van der Waals surface area contributed by atoms with Crippen LogP contribution in [0.15, 0.2) is 0 Å². The first-order valence-electron chi connectivity index (χ1n) is 4.11. The third kappa shape index (κ3) is 22.9. The van der Waals surface area contributed by atoms with Crippen molar-refractivity contribution in [3.8, 4) is 0 Å². The first-order valence-corrected chi connectivity index (χ1v) is 4.11. The Hall–Kier alpha value is -0.860. The molecule has 3 nitrogen and oxygen atoms in total. The number of carbonyl (C=O) groups excluding carboxylic acids is 1. The van der Waals surface area contributed by atoms with Crippen molar-refractivity contribution in [2.24, 2.45) is 5.92 Å². The molecule has 0 spiro atoms. The second-order valence-corrected chi connectivity index (χ2v) is 3.05. The molecule has 0 saturated carbocycles. The lowest BCUT2D eigenvalue weighted by Crippen LogP contribution is -1.95. The number of rotatable bonds is 3. The van der Waals surface area contributed by atoms with Crippen LogP contribution in [0.25, 0.3) is 0 Å². The highest BCUT2D eigenvalue weighted by Gasteiger charge is 1.95. The number of carbonyl (C=O) groups is 2. The average Bonchev–Trinajstić information content (AvgIpc) is 1.85. The van der Waals surface area contributed by atoms with Gasteiger partial charge < -0.3 is 9.90 Å². The molecule has 0 fully saturated rings. The smallest absolute Gasteiger partial charge is 0.303 e. The molecule has 0 aliphatic heterocycles. The van der Waals surface area contributed by atoms with Gasteiger partial charge in [0.1, 0.15) is 5.78 Å². The summed E-state index contributed by atoms with van der Waals surface area (Å²) in [6.45, 7) is 7.31. The summed E-state index contributed by atoms with van der Waals surface area (Å²) in [6.07, 6.45) is 0.944. The van der Waals surface area contributed by atoms with E-state index in [2.05, 4.69) is 0 Å². The summed E-state index contributed by atoms with van der Waals surface area (Å²) in [7, 11) is 0. The zero-order chi connectivity index (χ0) is 10.1. The van der Waals surface area contributed by atoms with Gasteiger partial charge in [0.2, 0.25) is 0 Å². The minimum absolute atomic E-state index is 0.222.